The van der Waals surface area contributed by atoms with Gasteiger partial charge in [0.05, 0.1) is 11.8 Å². The summed E-state index contributed by atoms with van der Waals surface area (Å²) in [6, 6.07) is 6.15. The molecule has 1 atom stereocenters. The van der Waals surface area contributed by atoms with Crippen LogP contribution in [0.15, 0.2) is 58.9 Å². The van der Waals surface area contributed by atoms with E-state index in [0.29, 0.717) is 0 Å². The van der Waals surface area contributed by atoms with Crippen LogP contribution >= 0.6 is 0 Å². The van der Waals surface area contributed by atoms with Crippen molar-refractivity contribution in [2.24, 2.45) is 4.99 Å². The van der Waals surface area contributed by atoms with Gasteiger partial charge in [-0.2, -0.15) is 0 Å². The molecule has 1 aromatic rings. The standard InChI is InChI=1S/C21H30N2O/c1-8-11-16(5)18(7)21(22-10-3)23-19-13-12-15(4)14-20(19)24-17(6)9-2/h8,10-14,17,23H,5,9H2,1-4,6-7H3/b11-8-,21-18+,22-10?. The highest BCUT2D eigenvalue weighted by Crippen LogP contribution is 2.30. The van der Waals surface area contributed by atoms with E-state index < -0.39 is 0 Å². The molecule has 3 nitrogen and oxygen atoms in total. The normalized spacial score (nSPS) is 13.9. The largest absolute Gasteiger partial charge is 0.489 e. The maximum atomic E-state index is 6.07. The van der Waals surface area contributed by atoms with E-state index in [1.807, 2.05) is 39.0 Å². The zero-order valence-electron chi connectivity index (χ0n) is 15.8. The lowest BCUT2D eigenvalue weighted by atomic mass is 10.1. The fraction of sp³-hybridized carbons (Fsp3) is 0.381. The summed E-state index contributed by atoms with van der Waals surface area (Å²) in [5.41, 5.74) is 4.01. The number of aryl methyl sites for hydroxylation is 1. The number of aliphatic imine (C=N–C) groups is 1. The van der Waals surface area contributed by atoms with Crippen LogP contribution in [0.3, 0.4) is 0 Å². The Balaban J connectivity index is 3.24. The van der Waals surface area contributed by atoms with E-state index in [2.05, 4.69) is 49.8 Å². The van der Waals surface area contributed by atoms with Gasteiger partial charge in [-0.3, -0.25) is 0 Å². The quantitative estimate of drug-likeness (QED) is 0.467. The predicted octanol–water partition coefficient (Wildman–Crippen LogP) is 6.04. The van der Waals surface area contributed by atoms with Gasteiger partial charge in [0.1, 0.15) is 11.6 Å². The highest BCUT2D eigenvalue weighted by molar-refractivity contribution is 5.64. The molecule has 0 saturated heterocycles. The lowest BCUT2D eigenvalue weighted by Crippen LogP contribution is -2.12. The lowest BCUT2D eigenvalue weighted by molar-refractivity contribution is 0.218. The molecule has 0 aliphatic heterocycles. The SMILES string of the molecule is C=C(/C=C\C)/C(C)=C(\N=CC)Nc1ccc(C)cc1OC(C)CC. The lowest BCUT2D eigenvalue weighted by Gasteiger charge is -2.19. The maximum Gasteiger partial charge on any atom is 0.143 e. The Morgan fingerprint density at radius 3 is 2.67 bits per heavy atom. The Morgan fingerprint density at radius 1 is 1.38 bits per heavy atom. The van der Waals surface area contributed by atoms with E-state index >= 15 is 0 Å². The Bertz CT molecular complexity index is 654. The molecule has 0 fully saturated rings. The van der Waals surface area contributed by atoms with Crippen LogP contribution in [0.2, 0.25) is 0 Å². The van der Waals surface area contributed by atoms with Crippen LogP contribution in [0.4, 0.5) is 5.69 Å². The summed E-state index contributed by atoms with van der Waals surface area (Å²) >= 11 is 0. The fourth-order valence-electron chi connectivity index (χ4n) is 2.09. The van der Waals surface area contributed by atoms with Gasteiger partial charge in [0.2, 0.25) is 0 Å². The molecule has 0 heterocycles. The van der Waals surface area contributed by atoms with Crippen LogP contribution in [-0.4, -0.2) is 12.3 Å². The van der Waals surface area contributed by atoms with Crippen molar-refractivity contribution >= 4 is 11.9 Å². The van der Waals surface area contributed by atoms with E-state index in [0.717, 1.165) is 34.8 Å². The zero-order valence-corrected chi connectivity index (χ0v) is 15.8. The molecule has 1 unspecified atom stereocenters. The van der Waals surface area contributed by atoms with E-state index in [1.165, 1.54) is 5.56 Å². The van der Waals surface area contributed by atoms with Gasteiger partial charge in [0.15, 0.2) is 0 Å². The van der Waals surface area contributed by atoms with Gasteiger partial charge in [0, 0.05) is 6.21 Å². The first-order valence-electron chi connectivity index (χ1n) is 8.48. The topological polar surface area (TPSA) is 33.6 Å². The highest BCUT2D eigenvalue weighted by Gasteiger charge is 2.11. The maximum absolute atomic E-state index is 6.07. The molecular formula is C21H30N2O. The first-order valence-corrected chi connectivity index (χ1v) is 8.48. The summed E-state index contributed by atoms with van der Waals surface area (Å²) in [5.74, 6) is 1.62. The van der Waals surface area contributed by atoms with Crippen LogP contribution in [0, 0.1) is 6.92 Å². The Labute approximate surface area is 146 Å². The highest BCUT2D eigenvalue weighted by atomic mass is 16.5. The second-order valence-corrected chi connectivity index (χ2v) is 5.85. The van der Waals surface area contributed by atoms with Crippen molar-refractivity contribution in [3.05, 3.63) is 59.5 Å². The van der Waals surface area contributed by atoms with Crippen molar-refractivity contribution in [3.63, 3.8) is 0 Å². The molecule has 130 valence electrons. The van der Waals surface area contributed by atoms with Gasteiger partial charge in [-0.15, -0.1) is 0 Å². The monoisotopic (exact) mass is 326 g/mol. The van der Waals surface area contributed by atoms with Gasteiger partial charge < -0.3 is 10.1 Å². The summed E-state index contributed by atoms with van der Waals surface area (Å²) in [6.07, 6.45) is 6.85. The number of hydrogen-bond donors (Lipinski definition) is 1. The Kier molecular flexibility index (Phi) is 8.03. The number of hydrogen-bond acceptors (Lipinski definition) is 3. The molecule has 1 rings (SSSR count). The number of ether oxygens (including phenoxy) is 1. The molecular weight excluding hydrogens is 296 g/mol. The second-order valence-electron chi connectivity index (χ2n) is 5.85. The molecule has 1 N–H and O–H groups in total. The number of benzene rings is 1. The summed E-state index contributed by atoms with van der Waals surface area (Å²) in [4.78, 5) is 4.48. The second kappa shape index (κ2) is 9.76. The van der Waals surface area contributed by atoms with Crippen LogP contribution < -0.4 is 10.1 Å². The van der Waals surface area contributed by atoms with Gasteiger partial charge in [-0.25, -0.2) is 4.99 Å². The Morgan fingerprint density at radius 2 is 2.08 bits per heavy atom. The summed E-state index contributed by atoms with van der Waals surface area (Å²) in [6.45, 7) is 16.2. The summed E-state index contributed by atoms with van der Waals surface area (Å²) in [7, 11) is 0. The van der Waals surface area contributed by atoms with Crippen molar-refractivity contribution in [1.29, 1.82) is 0 Å². The van der Waals surface area contributed by atoms with Crippen LogP contribution in [0.25, 0.3) is 0 Å². The van der Waals surface area contributed by atoms with Crippen LogP contribution in [0.5, 0.6) is 5.75 Å². The van der Waals surface area contributed by atoms with Gasteiger partial charge in [0.25, 0.3) is 0 Å². The smallest absolute Gasteiger partial charge is 0.143 e. The first kappa shape index (κ1) is 19.8. The van der Waals surface area contributed by atoms with Crippen LogP contribution in [0.1, 0.15) is 46.6 Å². The number of nitrogens with zero attached hydrogens (tertiary/aromatic N) is 1. The molecule has 0 aliphatic carbocycles. The number of rotatable bonds is 8. The van der Waals surface area contributed by atoms with E-state index in [-0.39, 0.29) is 6.10 Å². The molecule has 24 heavy (non-hydrogen) atoms. The minimum atomic E-state index is 0.161. The molecule has 1 aromatic carbocycles. The Hall–Kier alpha value is -2.29. The third-order valence-electron chi connectivity index (χ3n) is 3.76. The van der Waals surface area contributed by atoms with E-state index in [4.69, 9.17) is 4.74 Å². The average molecular weight is 326 g/mol. The van der Waals surface area contributed by atoms with Crippen molar-refractivity contribution in [2.45, 2.75) is 54.1 Å². The van der Waals surface area contributed by atoms with E-state index in [1.54, 1.807) is 6.21 Å². The number of anilines is 1. The summed E-state index contributed by atoms with van der Waals surface area (Å²) in [5, 5.41) is 3.41. The van der Waals surface area contributed by atoms with Crippen molar-refractivity contribution in [1.82, 2.24) is 0 Å². The minimum Gasteiger partial charge on any atom is -0.489 e. The number of nitrogens with one attached hydrogen (secondary N) is 1. The molecule has 0 aliphatic rings. The fourth-order valence-corrected chi connectivity index (χ4v) is 2.09. The molecule has 0 spiro atoms. The molecule has 3 heteroatoms. The minimum absolute atomic E-state index is 0.161. The van der Waals surface area contributed by atoms with Crippen LogP contribution in [-0.2, 0) is 0 Å². The van der Waals surface area contributed by atoms with Gasteiger partial charge in [-0.1, -0.05) is 31.7 Å². The third kappa shape index (κ3) is 5.73. The van der Waals surface area contributed by atoms with Gasteiger partial charge >= 0.3 is 0 Å². The van der Waals surface area contributed by atoms with Gasteiger partial charge in [-0.05, 0) is 69.9 Å². The first-order chi connectivity index (χ1) is 11.4. The average Bonchev–Trinajstić information content (AvgIpc) is 2.56. The molecule has 0 aromatic heterocycles. The summed E-state index contributed by atoms with van der Waals surface area (Å²) < 4.78 is 6.07. The third-order valence-corrected chi connectivity index (χ3v) is 3.76. The zero-order chi connectivity index (χ0) is 18.1. The van der Waals surface area contributed by atoms with E-state index in [9.17, 15) is 0 Å². The van der Waals surface area contributed by atoms with Crippen molar-refractivity contribution < 1.29 is 4.74 Å². The molecule has 0 bridgehead atoms. The number of allylic oxidation sites excluding steroid dienone is 4. The predicted molar refractivity (Wildman–Crippen MR) is 106 cm³/mol. The molecule has 0 saturated carbocycles. The molecule has 0 radical (unpaired) electrons. The van der Waals surface area contributed by atoms with Crippen molar-refractivity contribution in [3.8, 4) is 5.75 Å². The molecule has 0 amide bonds. The van der Waals surface area contributed by atoms with Crippen molar-refractivity contribution in [2.75, 3.05) is 5.32 Å².